The molecule has 1 saturated heterocycles. The van der Waals surface area contributed by atoms with E-state index in [4.69, 9.17) is 4.74 Å². The molecule has 1 aromatic heterocycles. The van der Waals surface area contributed by atoms with Crippen molar-refractivity contribution < 1.29 is 19.1 Å². The Morgan fingerprint density at radius 3 is 2.49 bits per heavy atom. The number of nitrogens with one attached hydrogen (secondary N) is 1. The summed E-state index contributed by atoms with van der Waals surface area (Å²) in [5.41, 5.74) is 2.05. The second-order valence-electron chi connectivity index (χ2n) is 8.84. The summed E-state index contributed by atoms with van der Waals surface area (Å²) in [6.45, 7) is 6.25. The first-order chi connectivity index (χ1) is 16.9. The Bertz CT molecular complexity index is 1200. The van der Waals surface area contributed by atoms with Crippen LogP contribution < -0.4 is 5.32 Å². The molecule has 184 valence electrons. The first kappa shape index (κ1) is 24.9. The summed E-state index contributed by atoms with van der Waals surface area (Å²) in [7, 11) is 0. The fourth-order valence-electron chi connectivity index (χ4n) is 4.21. The Hall–Kier alpha value is -3.26. The Balaban J connectivity index is 1.38. The monoisotopic (exact) mass is 493 g/mol. The molecule has 1 N–H and O–H groups in total. The van der Waals surface area contributed by atoms with Crippen molar-refractivity contribution in [2.45, 2.75) is 38.1 Å². The standard InChI is InChI=1S/C27H31N3O4S/c1-3-34-27(33)20-8-10-21(11-9-20)28-25(31)18-35-24-16-30(23-7-5-4-6-22(23)24)17-26(32)29-14-12-19(2)13-15-29/h4-11,16,19H,3,12-15,17-18H2,1-2H3,(H,28,31). The number of amides is 2. The van der Waals surface area contributed by atoms with Gasteiger partial charge in [0.1, 0.15) is 6.54 Å². The second-order valence-corrected chi connectivity index (χ2v) is 9.85. The lowest BCUT2D eigenvalue weighted by atomic mass is 9.99. The molecule has 1 fully saturated rings. The van der Waals surface area contributed by atoms with E-state index in [1.807, 2.05) is 39.9 Å². The third-order valence-corrected chi connectivity index (χ3v) is 7.28. The van der Waals surface area contributed by atoms with Gasteiger partial charge in [-0.3, -0.25) is 9.59 Å². The van der Waals surface area contributed by atoms with E-state index in [1.54, 1.807) is 31.2 Å². The highest BCUT2D eigenvalue weighted by Gasteiger charge is 2.21. The number of hydrogen-bond acceptors (Lipinski definition) is 5. The first-order valence-corrected chi connectivity index (χ1v) is 13.0. The highest BCUT2D eigenvalue weighted by Crippen LogP contribution is 2.30. The number of ether oxygens (including phenoxy) is 1. The van der Waals surface area contributed by atoms with Crippen LogP contribution >= 0.6 is 11.8 Å². The van der Waals surface area contributed by atoms with Gasteiger partial charge in [-0.15, -0.1) is 11.8 Å². The summed E-state index contributed by atoms with van der Waals surface area (Å²) in [6, 6.07) is 14.6. The van der Waals surface area contributed by atoms with Gasteiger partial charge in [0.05, 0.1) is 17.9 Å². The van der Waals surface area contributed by atoms with E-state index in [2.05, 4.69) is 12.2 Å². The van der Waals surface area contributed by atoms with Gasteiger partial charge in [0.25, 0.3) is 0 Å². The van der Waals surface area contributed by atoms with Crippen LogP contribution in [0.15, 0.2) is 59.6 Å². The Kier molecular flexibility index (Phi) is 8.13. The number of piperidine rings is 1. The quantitative estimate of drug-likeness (QED) is 0.360. The van der Waals surface area contributed by atoms with Crippen LogP contribution in [0.2, 0.25) is 0 Å². The summed E-state index contributed by atoms with van der Waals surface area (Å²) in [5, 5.41) is 3.90. The zero-order valence-electron chi connectivity index (χ0n) is 20.2. The van der Waals surface area contributed by atoms with Crippen molar-refractivity contribution in [1.29, 1.82) is 0 Å². The molecule has 1 aliphatic rings. The molecule has 4 rings (SSSR count). The number of para-hydroxylation sites is 1. The lowest BCUT2D eigenvalue weighted by molar-refractivity contribution is -0.133. The molecule has 1 aliphatic heterocycles. The Morgan fingerprint density at radius 1 is 1.06 bits per heavy atom. The third kappa shape index (κ3) is 6.25. The zero-order chi connectivity index (χ0) is 24.8. The largest absolute Gasteiger partial charge is 0.462 e. The molecule has 0 atom stereocenters. The van der Waals surface area contributed by atoms with Crippen molar-refractivity contribution in [2.24, 2.45) is 5.92 Å². The summed E-state index contributed by atoms with van der Waals surface area (Å²) >= 11 is 1.44. The maximum absolute atomic E-state index is 12.9. The molecule has 0 bridgehead atoms. The van der Waals surface area contributed by atoms with E-state index in [1.165, 1.54) is 11.8 Å². The molecule has 2 amide bonds. The van der Waals surface area contributed by atoms with Gasteiger partial charge in [0.15, 0.2) is 0 Å². The molecule has 3 aromatic rings. The van der Waals surface area contributed by atoms with E-state index >= 15 is 0 Å². The summed E-state index contributed by atoms with van der Waals surface area (Å²) in [4.78, 5) is 40.2. The van der Waals surface area contributed by atoms with E-state index in [0.717, 1.165) is 41.7 Å². The first-order valence-electron chi connectivity index (χ1n) is 12.0. The average Bonchev–Trinajstić information content (AvgIpc) is 3.21. The molecule has 35 heavy (non-hydrogen) atoms. The van der Waals surface area contributed by atoms with Gasteiger partial charge in [-0.05, 0) is 56.0 Å². The number of hydrogen-bond donors (Lipinski definition) is 1. The number of benzene rings is 2. The minimum atomic E-state index is -0.384. The van der Waals surface area contributed by atoms with Crippen LogP contribution in [0.25, 0.3) is 10.9 Å². The molecular weight excluding hydrogens is 462 g/mol. The number of thioether (sulfide) groups is 1. The normalized spacial score (nSPS) is 14.2. The molecule has 2 aromatic carbocycles. The number of likely N-dealkylation sites (tertiary alicyclic amines) is 1. The van der Waals surface area contributed by atoms with Gasteiger partial charge in [-0.25, -0.2) is 4.79 Å². The van der Waals surface area contributed by atoms with Gasteiger partial charge in [-0.1, -0.05) is 25.1 Å². The highest BCUT2D eigenvalue weighted by molar-refractivity contribution is 8.00. The number of carbonyl (C=O) groups excluding carboxylic acids is 3. The van der Waals surface area contributed by atoms with E-state index < -0.39 is 0 Å². The van der Waals surface area contributed by atoms with Crippen molar-refractivity contribution in [1.82, 2.24) is 9.47 Å². The minimum absolute atomic E-state index is 0.137. The van der Waals surface area contributed by atoms with Crippen LogP contribution in [0, 0.1) is 5.92 Å². The van der Waals surface area contributed by atoms with Crippen molar-refractivity contribution in [3.8, 4) is 0 Å². The number of aromatic nitrogens is 1. The van der Waals surface area contributed by atoms with Gasteiger partial charge >= 0.3 is 5.97 Å². The van der Waals surface area contributed by atoms with Gasteiger partial charge in [0, 0.05) is 40.8 Å². The Morgan fingerprint density at radius 2 is 1.77 bits per heavy atom. The topological polar surface area (TPSA) is 80.6 Å². The molecule has 2 heterocycles. The number of carbonyl (C=O) groups is 3. The Labute approximate surface area is 209 Å². The zero-order valence-corrected chi connectivity index (χ0v) is 21.0. The number of anilines is 1. The molecule has 0 spiro atoms. The summed E-state index contributed by atoms with van der Waals surface area (Å²) in [6.07, 6.45) is 4.08. The van der Waals surface area contributed by atoms with Crippen LogP contribution in [-0.4, -0.2) is 52.7 Å². The van der Waals surface area contributed by atoms with Crippen LogP contribution in [-0.2, 0) is 20.9 Å². The molecule has 0 saturated carbocycles. The number of fused-ring (bicyclic) bond motifs is 1. The van der Waals surface area contributed by atoms with Gasteiger partial charge in [0.2, 0.25) is 11.8 Å². The van der Waals surface area contributed by atoms with Gasteiger partial charge in [-0.2, -0.15) is 0 Å². The van der Waals surface area contributed by atoms with Crippen molar-refractivity contribution in [2.75, 3.05) is 30.8 Å². The van der Waals surface area contributed by atoms with Gasteiger partial charge < -0.3 is 19.5 Å². The third-order valence-electron chi connectivity index (χ3n) is 6.23. The maximum atomic E-state index is 12.9. The van der Waals surface area contributed by atoms with Crippen LogP contribution in [0.3, 0.4) is 0 Å². The molecule has 0 aliphatic carbocycles. The average molecular weight is 494 g/mol. The van der Waals surface area contributed by atoms with E-state index in [0.29, 0.717) is 30.3 Å². The lowest BCUT2D eigenvalue weighted by Crippen LogP contribution is -2.39. The van der Waals surface area contributed by atoms with Crippen molar-refractivity contribution in [3.63, 3.8) is 0 Å². The predicted octanol–water partition coefficient (Wildman–Crippen LogP) is 4.81. The summed E-state index contributed by atoms with van der Waals surface area (Å²) < 4.78 is 6.97. The van der Waals surface area contributed by atoms with Crippen molar-refractivity contribution >= 4 is 46.1 Å². The van der Waals surface area contributed by atoms with Crippen LogP contribution in [0.5, 0.6) is 0 Å². The predicted molar refractivity (Wildman–Crippen MR) is 139 cm³/mol. The molecule has 7 nitrogen and oxygen atoms in total. The fraction of sp³-hybridized carbons (Fsp3) is 0.370. The number of nitrogens with zero attached hydrogens (tertiary/aromatic N) is 2. The number of esters is 1. The van der Waals surface area contributed by atoms with Crippen LogP contribution in [0.4, 0.5) is 5.69 Å². The number of rotatable bonds is 8. The molecule has 8 heteroatoms. The minimum Gasteiger partial charge on any atom is -0.462 e. The fourth-order valence-corrected chi connectivity index (χ4v) is 5.10. The lowest BCUT2D eigenvalue weighted by Gasteiger charge is -2.30. The molecule has 0 radical (unpaired) electrons. The smallest absolute Gasteiger partial charge is 0.338 e. The second kappa shape index (κ2) is 11.4. The van der Waals surface area contributed by atoms with E-state index in [9.17, 15) is 14.4 Å². The maximum Gasteiger partial charge on any atom is 0.338 e. The van der Waals surface area contributed by atoms with Crippen LogP contribution in [0.1, 0.15) is 37.0 Å². The SMILES string of the molecule is CCOC(=O)c1ccc(NC(=O)CSc2cn(CC(=O)N3CCC(C)CC3)c3ccccc23)cc1. The van der Waals surface area contributed by atoms with Crippen molar-refractivity contribution in [3.05, 3.63) is 60.3 Å². The molecular formula is C27H31N3O4S. The van der Waals surface area contributed by atoms with E-state index in [-0.39, 0.29) is 23.5 Å². The molecule has 0 unspecified atom stereocenters. The summed E-state index contributed by atoms with van der Waals surface area (Å²) in [5.74, 6) is 0.514. The highest BCUT2D eigenvalue weighted by atomic mass is 32.2.